The second-order valence-corrected chi connectivity index (χ2v) is 12.4. The third-order valence-electron chi connectivity index (χ3n) is 9.31. The van der Waals surface area contributed by atoms with Gasteiger partial charge in [-0.25, -0.2) is 4.79 Å². The van der Waals surface area contributed by atoms with Crippen molar-refractivity contribution in [1.29, 1.82) is 0 Å². The molecule has 1 fully saturated rings. The number of benzene rings is 3. The minimum absolute atomic E-state index is 0.0614. The molecule has 0 spiro atoms. The summed E-state index contributed by atoms with van der Waals surface area (Å²) >= 11 is 0. The number of carbonyl (C=O) groups excluding carboxylic acids is 5. The van der Waals surface area contributed by atoms with Crippen molar-refractivity contribution in [2.45, 2.75) is 55.5 Å². The molecule has 2 aliphatic heterocycles. The normalized spacial score (nSPS) is 21.1. The number of amides is 2. The number of esters is 1. The van der Waals surface area contributed by atoms with Gasteiger partial charge in [0.1, 0.15) is 23.9 Å². The SMILES string of the molecule is CC(CN1C(=O)CNC(=O)c2cc(CCCCCN=C(N)N)ccc21)(c1ccccc1)[C@@]1(C(=O)Oc2ccccc2)NC1(C=O)CC=O. The fourth-order valence-corrected chi connectivity index (χ4v) is 6.75. The van der Waals surface area contributed by atoms with E-state index >= 15 is 0 Å². The fraction of sp³-hybridized carbons (Fsp3) is 0.333. The predicted octanol–water partition coefficient (Wildman–Crippen LogP) is 2.18. The fourth-order valence-electron chi connectivity index (χ4n) is 6.75. The first kappa shape index (κ1) is 34.0. The topological polar surface area (TPSA) is 196 Å². The lowest BCUT2D eigenvalue weighted by Gasteiger charge is -2.41. The second-order valence-electron chi connectivity index (χ2n) is 12.4. The van der Waals surface area contributed by atoms with Gasteiger partial charge in [0, 0.05) is 24.9 Å². The number of nitrogens with zero attached hydrogens (tertiary/aromatic N) is 2. The van der Waals surface area contributed by atoms with Crippen molar-refractivity contribution < 1.29 is 28.7 Å². The number of anilines is 1. The van der Waals surface area contributed by atoms with Crippen LogP contribution in [-0.2, 0) is 31.0 Å². The van der Waals surface area contributed by atoms with Gasteiger partial charge in [0.15, 0.2) is 11.5 Å². The molecule has 2 heterocycles. The Morgan fingerprint density at radius 2 is 1.71 bits per heavy atom. The molecule has 12 nitrogen and oxygen atoms in total. The maximum absolute atomic E-state index is 14.3. The Morgan fingerprint density at radius 3 is 2.38 bits per heavy atom. The molecule has 3 aromatic carbocycles. The number of nitrogens with one attached hydrogen (secondary N) is 2. The summed E-state index contributed by atoms with van der Waals surface area (Å²) in [7, 11) is 0. The van der Waals surface area contributed by atoms with Gasteiger partial charge >= 0.3 is 5.97 Å². The Kier molecular flexibility index (Phi) is 10.0. The van der Waals surface area contributed by atoms with Gasteiger partial charge in [0.05, 0.1) is 17.8 Å². The van der Waals surface area contributed by atoms with Gasteiger partial charge in [-0.2, -0.15) is 0 Å². The first-order valence-electron chi connectivity index (χ1n) is 15.9. The number of aldehydes is 2. The van der Waals surface area contributed by atoms with Crippen LogP contribution >= 0.6 is 0 Å². The lowest BCUT2D eigenvalue weighted by molar-refractivity contribution is -0.141. The molecule has 12 heteroatoms. The number of unbranched alkanes of at least 4 members (excludes halogenated alkanes) is 2. The highest BCUT2D eigenvalue weighted by molar-refractivity contribution is 6.10. The standard InChI is InChI=1S/C36H40N6O6/c1-34(26-12-6-2-7-13-26,36(35(24-44,41-36)18-20-43)32(47)48-27-14-8-3-9-15-27)23-42-29-17-16-25(11-5-4-10-19-39-33(37)38)21-28(29)31(46)40-22-30(42)45/h2-3,6-9,12-17,20-21,24,41H,4-5,10-11,18-19,22-23H2,1H3,(H,40,46)(H4,37,38,39)/t34?,35?,36-/m1/s1. The van der Waals surface area contributed by atoms with E-state index in [-0.39, 0.29) is 31.2 Å². The zero-order valence-corrected chi connectivity index (χ0v) is 26.8. The van der Waals surface area contributed by atoms with E-state index in [9.17, 15) is 24.0 Å². The van der Waals surface area contributed by atoms with Crippen LogP contribution in [0.1, 0.15) is 54.1 Å². The molecule has 0 bridgehead atoms. The van der Waals surface area contributed by atoms with Crippen LogP contribution < -0.4 is 31.7 Å². The Bertz CT molecular complexity index is 1710. The van der Waals surface area contributed by atoms with Gasteiger partial charge in [-0.1, -0.05) is 67.9 Å². The van der Waals surface area contributed by atoms with Crippen molar-refractivity contribution in [3.8, 4) is 5.75 Å². The smallest absolute Gasteiger partial charge is 0.335 e. The van der Waals surface area contributed by atoms with Gasteiger partial charge in [-0.3, -0.25) is 19.9 Å². The van der Waals surface area contributed by atoms with Crippen LogP contribution in [0.2, 0.25) is 0 Å². The van der Waals surface area contributed by atoms with Gasteiger partial charge in [-0.15, -0.1) is 0 Å². The number of hydrogen-bond donors (Lipinski definition) is 4. The third-order valence-corrected chi connectivity index (χ3v) is 9.31. The molecule has 48 heavy (non-hydrogen) atoms. The molecule has 0 aromatic heterocycles. The highest BCUT2D eigenvalue weighted by Crippen LogP contribution is 2.54. The number of nitrogens with two attached hydrogens (primary N) is 2. The number of rotatable bonds is 15. The lowest BCUT2D eigenvalue weighted by Crippen LogP contribution is -2.60. The second kappa shape index (κ2) is 14.2. The number of fused-ring (bicyclic) bond motifs is 1. The molecule has 5 rings (SSSR count). The Hall–Kier alpha value is -5.36. The summed E-state index contributed by atoms with van der Waals surface area (Å²) in [5.74, 6) is -1.27. The monoisotopic (exact) mass is 652 g/mol. The van der Waals surface area contributed by atoms with E-state index < -0.39 is 34.3 Å². The van der Waals surface area contributed by atoms with E-state index in [1.807, 2.05) is 12.1 Å². The molecule has 6 N–H and O–H groups in total. The highest BCUT2D eigenvalue weighted by atomic mass is 16.5. The van der Waals surface area contributed by atoms with E-state index in [2.05, 4.69) is 15.6 Å². The van der Waals surface area contributed by atoms with Gasteiger partial charge in [0.25, 0.3) is 5.91 Å². The van der Waals surface area contributed by atoms with Crippen molar-refractivity contribution in [2.24, 2.45) is 16.5 Å². The van der Waals surface area contributed by atoms with Crippen LogP contribution in [0, 0.1) is 0 Å². The maximum atomic E-state index is 14.3. The largest absolute Gasteiger partial charge is 0.425 e. The van der Waals surface area contributed by atoms with E-state index in [1.165, 1.54) is 4.90 Å². The molecule has 1 saturated heterocycles. The van der Waals surface area contributed by atoms with Crippen molar-refractivity contribution in [3.05, 3.63) is 95.6 Å². The molecule has 3 atom stereocenters. The van der Waals surface area contributed by atoms with Crippen molar-refractivity contribution in [1.82, 2.24) is 10.6 Å². The summed E-state index contributed by atoms with van der Waals surface area (Å²) in [5.41, 5.74) is 8.29. The Balaban J connectivity index is 1.54. The van der Waals surface area contributed by atoms with Crippen LogP contribution in [0.4, 0.5) is 5.69 Å². The molecule has 2 aliphatic rings. The van der Waals surface area contributed by atoms with Crippen LogP contribution in [-0.4, -0.2) is 67.0 Å². The summed E-state index contributed by atoms with van der Waals surface area (Å²) in [6, 6.07) is 22.8. The summed E-state index contributed by atoms with van der Waals surface area (Å²) in [5, 5.41) is 5.80. The molecule has 0 saturated carbocycles. The van der Waals surface area contributed by atoms with Gasteiger partial charge < -0.3 is 36.0 Å². The average molecular weight is 653 g/mol. The number of carbonyl (C=O) groups is 5. The Labute approximate surface area is 278 Å². The lowest BCUT2D eigenvalue weighted by atomic mass is 9.65. The molecule has 3 aromatic rings. The quantitative estimate of drug-likeness (QED) is 0.0362. The average Bonchev–Trinajstić information content (AvgIpc) is 3.80. The van der Waals surface area contributed by atoms with E-state index in [1.54, 1.807) is 73.7 Å². The minimum atomic E-state index is -1.76. The first-order chi connectivity index (χ1) is 23.1. The number of hydrogen-bond acceptors (Lipinski definition) is 8. The van der Waals surface area contributed by atoms with Crippen molar-refractivity contribution in [2.75, 3.05) is 24.5 Å². The van der Waals surface area contributed by atoms with Crippen LogP contribution in [0.25, 0.3) is 0 Å². The highest BCUT2D eigenvalue weighted by Gasteiger charge is 2.80. The van der Waals surface area contributed by atoms with Crippen molar-refractivity contribution in [3.63, 3.8) is 0 Å². The molecule has 2 unspecified atom stereocenters. The zero-order chi connectivity index (χ0) is 34.4. The van der Waals surface area contributed by atoms with Crippen LogP contribution in [0.5, 0.6) is 5.75 Å². The van der Waals surface area contributed by atoms with E-state index in [0.717, 1.165) is 24.8 Å². The number of aliphatic imine (C=N–C) groups is 1. The van der Waals surface area contributed by atoms with E-state index in [4.69, 9.17) is 16.2 Å². The van der Waals surface area contributed by atoms with Crippen molar-refractivity contribution >= 4 is 42.0 Å². The molecule has 0 aliphatic carbocycles. The molecular weight excluding hydrogens is 612 g/mol. The number of guanidine groups is 1. The van der Waals surface area contributed by atoms with Crippen LogP contribution in [0.3, 0.4) is 0 Å². The van der Waals surface area contributed by atoms with Gasteiger partial charge in [0.2, 0.25) is 5.91 Å². The first-order valence-corrected chi connectivity index (χ1v) is 15.9. The number of aryl methyl sites for hydroxylation is 1. The number of para-hydroxylation sites is 1. The summed E-state index contributed by atoms with van der Waals surface area (Å²) < 4.78 is 5.86. The molecule has 0 radical (unpaired) electrons. The predicted molar refractivity (Wildman–Crippen MR) is 181 cm³/mol. The third kappa shape index (κ3) is 6.43. The summed E-state index contributed by atoms with van der Waals surface area (Å²) in [6.45, 7) is 1.90. The zero-order valence-electron chi connectivity index (χ0n) is 26.8. The molecular formula is C36H40N6O6. The summed E-state index contributed by atoms with van der Waals surface area (Å²) in [4.78, 5) is 71.7. The molecule has 2 amide bonds. The van der Waals surface area contributed by atoms with Gasteiger partial charge in [-0.05, 0) is 54.7 Å². The van der Waals surface area contributed by atoms with E-state index in [0.29, 0.717) is 42.4 Å². The van der Waals surface area contributed by atoms with Crippen LogP contribution in [0.15, 0.2) is 83.9 Å². The Morgan fingerprint density at radius 1 is 1.00 bits per heavy atom. The minimum Gasteiger partial charge on any atom is -0.425 e. The molecule has 250 valence electrons. The summed E-state index contributed by atoms with van der Waals surface area (Å²) in [6.07, 6.45) is 4.10. The maximum Gasteiger partial charge on any atom is 0.335 e. The number of ether oxygens (including phenoxy) is 1.